The van der Waals surface area contributed by atoms with Crippen molar-refractivity contribution in [2.75, 3.05) is 23.9 Å². The molecule has 6 heteroatoms. The molecule has 0 spiro atoms. The standard InChI is InChI=1S/C13H20ClN3OS/c1-9(8-19-2)5-15-12-11(14)6-16-17(13(12)18)7-10-3-4-10/h6,9-10,15H,3-5,7-8H2,1-2H3. The van der Waals surface area contributed by atoms with Gasteiger partial charge >= 0.3 is 0 Å². The molecule has 19 heavy (non-hydrogen) atoms. The van der Waals surface area contributed by atoms with Crippen LogP contribution >= 0.6 is 23.4 Å². The van der Waals surface area contributed by atoms with E-state index in [2.05, 4.69) is 23.6 Å². The van der Waals surface area contributed by atoms with E-state index in [0.717, 1.165) is 12.3 Å². The quantitative estimate of drug-likeness (QED) is 0.841. The Hall–Kier alpha value is -0.680. The summed E-state index contributed by atoms with van der Waals surface area (Å²) in [4.78, 5) is 12.3. The van der Waals surface area contributed by atoms with Gasteiger partial charge in [-0.15, -0.1) is 0 Å². The average Bonchev–Trinajstić information content (AvgIpc) is 3.17. The first-order valence-electron chi connectivity index (χ1n) is 6.60. The molecule has 2 rings (SSSR count). The highest BCUT2D eigenvalue weighted by Crippen LogP contribution is 2.30. The first kappa shape index (κ1) is 14.7. The zero-order valence-corrected chi connectivity index (χ0v) is 12.9. The summed E-state index contributed by atoms with van der Waals surface area (Å²) >= 11 is 7.88. The zero-order valence-electron chi connectivity index (χ0n) is 11.4. The highest BCUT2D eigenvalue weighted by atomic mass is 35.5. The van der Waals surface area contributed by atoms with Crippen LogP contribution in [0.1, 0.15) is 19.8 Å². The lowest BCUT2D eigenvalue weighted by Gasteiger charge is -2.14. The maximum atomic E-state index is 12.3. The molecule has 1 aromatic rings. The van der Waals surface area contributed by atoms with Gasteiger partial charge in [0.25, 0.3) is 5.56 Å². The van der Waals surface area contributed by atoms with E-state index >= 15 is 0 Å². The molecule has 0 saturated heterocycles. The SMILES string of the molecule is CSCC(C)CNc1c(Cl)cnn(CC2CC2)c1=O. The van der Waals surface area contributed by atoms with Crippen LogP contribution in [0.5, 0.6) is 0 Å². The summed E-state index contributed by atoms with van der Waals surface area (Å²) in [5.41, 5.74) is 0.390. The van der Waals surface area contributed by atoms with Crippen molar-refractivity contribution < 1.29 is 0 Å². The summed E-state index contributed by atoms with van der Waals surface area (Å²) in [6, 6.07) is 0. The Labute approximate surface area is 122 Å². The van der Waals surface area contributed by atoms with Crippen LogP contribution in [0.15, 0.2) is 11.0 Å². The average molecular weight is 302 g/mol. The summed E-state index contributed by atoms with van der Waals surface area (Å²) < 4.78 is 1.53. The van der Waals surface area contributed by atoms with Crippen molar-refractivity contribution in [3.63, 3.8) is 0 Å². The lowest BCUT2D eigenvalue weighted by molar-refractivity contribution is 0.534. The van der Waals surface area contributed by atoms with Crippen LogP contribution in [0.3, 0.4) is 0 Å². The number of aromatic nitrogens is 2. The smallest absolute Gasteiger partial charge is 0.291 e. The Bertz CT molecular complexity index is 487. The molecule has 0 radical (unpaired) electrons. The molecule has 1 saturated carbocycles. The normalized spacial score (nSPS) is 16.4. The van der Waals surface area contributed by atoms with E-state index in [-0.39, 0.29) is 5.56 Å². The van der Waals surface area contributed by atoms with Crippen LogP contribution in [0.2, 0.25) is 5.02 Å². The van der Waals surface area contributed by atoms with E-state index in [9.17, 15) is 4.79 Å². The van der Waals surface area contributed by atoms with Gasteiger partial charge in [0.1, 0.15) is 5.69 Å². The van der Waals surface area contributed by atoms with Gasteiger partial charge in [0, 0.05) is 13.1 Å². The van der Waals surface area contributed by atoms with Crippen LogP contribution in [0.4, 0.5) is 5.69 Å². The third kappa shape index (κ3) is 4.14. The number of nitrogens with zero attached hydrogens (tertiary/aromatic N) is 2. The zero-order chi connectivity index (χ0) is 13.8. The fourth-order valence-corrected chi connectivity index (χ4v) is 2.80. The van der Waals surface area contributed by atoms with Gasteiger partial charge in [-0.3, -0.25) is 4.79 Å². The number of rotatable bonds is 7. The third-order valence-electron chi connectivity index (χ3n) is 3.20. The van der Waals surface area contributed by atoms with E-state index in [4.69, 9.17) is 11.6 Å². The summed E-state index contributed by atoms with van der Waals surface area (Å²) in [5, 5.41) is 7.70. The Morgan fingerprint density at radius 2 is 2.37 bits per heavy atom. The third-order valence-corrected chi connectivity index (χ3v) is 4.39. The van der Waals surface area contributed by atoms with Crippen LogP contribution in [0.25, 0.3) is 0 Å². The van der Waals surface area contributed by atoms with Crippen molar-refractivity contribution in [3.8, 4) is 0 Å². The maximum Gasteiger partial charge on any atom is 0.291 e. The van der Waals surface area contributed by atoms with E-state index < -0.39 is 0 Å². The first-order chi connectivity index (χ1) is 9.11. The number of halogens is 1. The molecule has 1 aliphatic carbocycles. The topological polar surface area (TPSA) is 46.9 Å². The highest BCUT2D eigenvalue weighted by Gasteiger charge is 2.23. The minimum absolute atomic E-state index is 0.101. The number of thioether (sulfide) groups is 1. The number of hydrogen-bond donors (Lipinski definition) is 1. The molecule has 1 N–H and O–H groups in total. The minimum Gasteiger partial charge on any atom is -0.379 e. The van der Waals surface area contributed by atoms with Crippen LogP contribution in [-0.4, -0.2) is 28.3 Å². The molecule has 1 aliphatic rings. The highest BCUT2D eigenvalue weighted by molar-refractivity contribution is 7.98. The molecule has 1 unspecified atom stereocenters. The van der Waals surface area contributed by atoms with E-state index in [1.165, 1.54) is 17.5 Å². The summed E-state index contributed by atoms with van der Waals surface area (Å²) in [6.07, 6.45) is 6.04. The molecule has 1 heterocycles. The van der Waals surface area contributed by atoms with Gasteiger partial charge in [0.15, 0.2) is 0 Å². The van der Waals surface area contributed by atoms with E-state index in [0.29, 0.717) is 29.1 Å². The summed E-state index contributed by atoms with van der Waals surface area (Å²) in [7, 11) is 0. The van der Waals surface area contributed by atoms with Crippen molar-refractivity contribution >= 4 is 29.1 Å². The fourth-order valence-electron chi connectivity index (χ4n) is 1.92. The Morgan fingerprint density at radius 3 is 3.00 bits per heavy atom. The van der Waals surface area contributed by atoms with Gasteiger partial charge in [0.05, 0.1) is 11.2 Å². The van der Waals surface area contributed by atoms with Gasteiger partial charge in [-0.2, -0.15) is 16.9 Å². The molecule has 4 nitrogen and oxygen atoms in total. The van der Waals surface area contributed by atoms with Crippen molar-refractivity contribution in [3.05, 3.63) is 21.6 Å². The maximum absolute atomic E-state index is 12.3. The largest absolute Gasteiger partial charge is 0.379 e. The van der Waals surface area contributed by atoms with Gasteiger partial charge in [-0.1, -0.05) is 18.5 Å². The molecule has 0 aliphatic heterocycles. The summed E-state index contributed by atoms with van der Waals surface area (Å²) in [6.45, 7) is 3.62. The van der Waals surface area contributed by atoms with Crippen molar-refractivity contribution in [2.45, 2.75) is 26.3 Å². The summed E-state index contributed by atoms with van der Waals surface area (Å²) in [5.74, 6) is 2.18. The van der Waals surface area contributed by atoms with E-state index in [1.807, 2.05) is 0 Å². The molecule has 0 amide bonds. The van der Waals surface area contributed by atoms with Crippen molar-refractivity contribution in [2.24, 2.45) is 11.8 Å². The minimum atomic E-state index is -0.101. The second-order valence-electron chi connectivity index (χ2n) is 5.24. The lowest BCUT2D eigenvalue weighted by atomic mass is 10.2. The van der Waals surface area contributed by atoms with Gasteiger partial charge in [0.2, 0.25) is 0 Å². The van der Waals surface area contributed by atoms with E-state index in [1.54, 1.807) is 18.0 Å². The molecule has 1 aromatic heterocycles. The molecule has 1 fully saturated rings. The molecular weight excluding hydrogens is 282 g/mol. The van der Waals surface area contributed by atoms with Crippen molar-refractivity contribution in [1.82, 2.24) is 9.78 Å². The monoisotopic (exact) mass is 301 g/mol. The molecular formula is C13H20ClN3OS. The van der Waals surface area contributed by atoms with Crippen LogP contribution < -0.4 is 10.9 Å². The predicted octanol–water partition coefficient (Wildman–Crippen LogP) is 2.72. The van der Waals surface area contributed by atoms with Crippen LogP contribution in [-0.2, 0) is 6.54 Å². The Kier molecular flexibility index (Phi) is 5.16. The van der Waals surface area contributed by atoms with Gasteiger partial charge in [-0.05, 0) is 36.7 Å². The predicted molar refractivity (Wildman–Crippen MR) is 82.3 cm³/mol. The first-order valence-corrected chi connectivity index (χ1v) is 8.37. The number of hydrogen-bond acceptors (Lipinski definition) is 4. The van der Waals surface area contributed by atoms with Gasteiger partial charge in [-0.25, -0.2) is 4.68 Å². The second kappa shape index (κ2) is 6.66. The van der Waals surface area contributed by atoms with Gasteiger partial charge < -0.3 is 5.32 Å². The number of nitrogens with one attached hydrogen (secondary N) is 1. The molecule has 106 valence electrons. The second-order valence-corrected chi connectivity index (χ2v) is 6.56. The molecule has 1 atom stereocenters. The van der Waals surface area contributed by atoms with Crippen molar-refractivity contribution in [1.29, 1.82) is 0 Å². The Balaban J connectivity index is 2.07. The fraction of sp³-hybridized carbons (Fsp3) is 0.692. The number of anilines is 1. The molecule has 0 bridgehead atoms. The molecule has 0 aromatic carbocycles. The lowest BCUT2D eigenvalue weighted by Crippen LogP contribution is -2.28. The Morgan fingerprint density at radius 1 is 1.63 bits per heavy atom. The van der Waals surface area contributed by atoms with Crippen LogP contribution in [0, 0.1) is 11.8 Å².